The fourth-order valence-electron chi connectivity index (χ4n) is 1.42. The van der Waals surface area contributed by atoms with E-state index in [4.69, 9.17) is 0 Å². The lowest BCUT2D eigenvalue weighted by atomic mass is 10.2. The summed E-state index contributed by atoms with van der Waals surface area (Å²) in [5, 5.41) is 2.51. The molecule has 1 aromatic carbocycles. The van der Waals surface area contributed by atoms with Gasteiger partial charge in [0.2, 0.25) is 12.3 Å². The number of benzene rings is 1. The Bertz CT molecular complexity index is 452. The molecule has 0 unspecified atom stereocenters. The number of hydrogen-bond donors (Lipinski definition) is 1. The molecule has 1 N–H and O–H groups in total. The molecule has 4 nitrogen and oxygen atoms in total. The minimum atomic E-state index is -0.204. The summed E-state index contributed by atoms with van der Waals surface area (Å²) in [5.41, 5.74) is 2.27. The van der Waals surface area contributed by atoms with Crippen molar-refractivity contribution in [2.45, 2.75) is 13.8 Å². The molecule has 0 bridgehead atoms. The second-order valence-corrected chi connectivity index (χ2v) is 3.74. The molecule has 0 aliphatic carbocycles. The van der Waals surface area contributed by atoms with Gasteiger partial charge in [0.25, 0.3) is 0 Å². The number of hydrogen-bond acceptors (Lipinski definition) is 2. The molecule has 0 aliphatic rings. The van der Waals surface area contributed by atoms with Crippen LogP contribution in [0.2, 0.25) is 0 Å². The zero-order valence-electron chi connectivity index (χ0n) is 10.2. The summed E-state index contributed by atoms with van der Waals surface area (Å²) in [4.78, 5) is 23.7. The van der Waals surface area contributed by atoms with E-state index in [-0.39, 0.29) is 5.91 Å². The largest absolute Gasteiger partial charge is 0.355 e. The van der Waals surface area contributed by atoms with Crippen LogP contribution in [0.15, 0.2) is 36.0 Å². The second kappa shape index (κ2) is 5.84. The van der Waals surface area contributed by atoms with Crippen LogP contribution in [-0.2, 0) is 9.59 Å². The number of nitrogens with one attached hydrogen (secondary N) is 1. The molecule has 0 fully saturated rings. The van der Waals surface area contributed by atoms with E-state index in [1.807, 2.05) is 31.2 Å². The van der Waals surface area contributed by atoms with Gasteiger partial charge in [0.05, 0.1) is 0 Å². The van der Waals surface area contributed by atoms with Gasteiger partial charge in [-0.3, -0.25) is 14.5 Å². The van der Waals surface area contributed by atoms with Crippen molar-refractivity contribution < 1.29 is 9.59 Å². The maximum atomic E-state index is 11.3. The van der Waals surface area contributed by atoms with Crippen LogP contribution >= 0.6 is 0 Å². The van der Waals surface area contributed by atoms with Crippen molar-refractivity contribution in [2.24, 2.45) is 0 Å². The highest BCUT2D eigenvalue weighted by Crippen LogP contribution is 2.15. The number of anilines is 1. The highest BCUT2D eigenvalue weighted by Gasteiger charge is 2.06. The number of likely N-dealkylation sites (N-methyl/N-ethyl adjacent to an activating group) is 1. The topological polar surface area (TPSA) is 49.4 Å². The Morgan fingerprint density at radius 1 is 1.41 bits per heavy atom. The van der Waals surface area contributed by atoms with E-state index in [1.54, 1.807) is 14.0 Å². The average Bonchev–Trinajstić information content (AvgIpc) is 2.34. The molecule has 0 aromatic heterocycles. The number of rotatable bonds is 4. The minimum absolute atomic E-state index is 0.204. The minimum Gasteiger partial charge on any atom is -0.355 e. The number of aryl methyl sites for hydroxylation is 1. The first kappa shape index (κ1) is 13.0. The maximum absolute atomic E-state index is 11.3. The van der Waals surface area contributed by atoms with Crippen molar-refractivity contribution in [3.8, 4) is 0 Å². The predicted octanol–water partition coefficient (Wildman–Crippen LogP) is 1.61. The summed E-state index contributed by atoms with van der Waals surface area (Å²) in [6, 6.07) is 7.50. The lowest BCUT2D eigenvalue weighted by Gasteiger charge is -2.14. The van der Waals surface area contributed by atoms with Gasteiger partial charge in [0.15, 0.2) is 0 Å². The van der Waals surface area contributed by atoms with Crippen molar-refractivity contribution in [1.29, 1.82) is 0 Å². The zero-order valence-corrected chi connectivity index (χ0v) is 10.2. The van der Waals surface area contributed by atoms with E-state index in [2.05, 4.69) is 5.32 Å². The van der Waals surface area contributed by atoms with E-state index in [0.717, 1.165) is 11.3 Å². The quantitative estimate of drug-likeness (QED) is 0.633. The molecular weight excluding hydrogens is 216 g/mol. The molecule has 0 atom stereocenters. The second-order valence-electron chi connectivity index (χ2n) is 3.74. The molecule has 0 saturated heterocycles. The first-order valence-corrected chi connectivity index (χ1v) is 5.29. The van der Waals surface area contributed by atoms with E-state index < -0.39 is 0 Å². The number of nitrogens with zero attached hydrogens (tertiary/aromatic N) is 1. The van der Waals surface area contributed by atoms with Gasteiger partial charge in [-0.2, -0.15) is 0 Å². The molecular formula is C13H16N2O2. The molecule has 17 heavy (non-hydrogen) atoms. The standard InChI is InChI=1S/C13H16N2O2/c1-10-5-4-6-12(7-10)15(9-16)8-11(2)13(17)14-3/h4-9H,1-3H3,(H,14,17)/b11-8-. The van der Waals surface area contributed by atoms with Crippen LogP contribution < -0.4 is 10.2 Å². The van der Waals surface area contributed by atoms with Crippen molar-refractivity contribution in [2.75, 3.05) is 11.9 Å². The van der Waals surface area contributed by atoms with Crippen LogP contribution in [0.3, 0.4) is 0 Å². The fraction of sp³-hybridized carbons (Fsp3) is 0.231. The molecule has 0 aliphatic heterocycles. The Hall–Kier alpha value is -2.10. The summed E-state index contributed by atoms with van der Waals surface area (Å²) in [5.74, 6) is -0.204. The maximum Gasteiger partial charge on any atom is 0.248 e. The molecule has 0 heterocycles. The Morgan fingerprint density at radius 2 is 2.12 bits per heavy atom. The summed E-state index contributed by atoms with van der Waals surface area (Å²) >= 11 is 0. The van der Waals surface area contributed by atoms with Gasteiger partial charge in [0.1, 0.15) is 0 Å². The molecule has 1 rings (SSSR count). The van der Waals surface area contributed by atoms with Gasteiger partial charge in [-0.25, -0.2) is 0 Å². The van der Waals surface area contributed by atoms with E-state index in [9.17, 15) is 9.59 Å². The molecule has 4 heteroatoms. The van der Waals surface area contributed by atoms with Gasteiger partial charge in [0, 0.05) is 24.5 Å². The normalized spacial score (nSPS) is 10.9. The third kappa shape index (κ3) is 3.45. The highest BCUT2D eigenvalue weighted by atomic mass is 16.2. The van der Waals surface area contributed by atoms with Crippen LogP contribution in [-0.4, -0.2) is 19.4 Å². The zero-order chi connectivity index (χ0) is 12.8. The highest BCUT2D eigenvalue weighted by molar-refractivity contribution is 5.94. The SMILES string of the molecule is CNC(=O)/C(C)=C\N(C=O)c1cccc(C)c1. The lowest BCUT2D eigenvalue weighted by molar-refractivity contribution is -0.117. The van der Waals surface area contributed by atoms with Gasteiger partial charge < -0.3 is 5.32 Å². The van der Waals surface area contributed by atoms with Crippen LogP contribution in [0.1, 0.15) is 12.5 Å². The van der Waals surface area contributed by atoms with Crippen molar-refractivity contribution >= 4 is 18.0 Å². The van der Waals surface area contributed by atoms with Gasteiger partial charge in [-0.05, 0) is 31.5 Å². The Labute approximate surface area is 101 Å². The summed E-state index contributed by atoms with van der Waals surface area (Å²) < 4.78 is 0. The molecule has 0 spiro atoms. The van der Waals surface area contributed by atoms with Crippen LogP contribution in [0, 0.1) is 6.92 Å². The lowest BCUT2D eigenvalue weighted by Crippen LogP contribution is -2.22. The summed E-state index contributed by atoms with van der Waals surface area (Å²) in [6.45, 7) is 3.60. The number of carbonyl (C=O) groups excluding carboxylic acids is 2. The first-order chi connectivity index (χ1) is 8.08. The van der Waals surface area contributed by atoms with Gasteiger partial charge >= 0.3 is 0 Å². The summed E-state index contributed by atoms with van der Waals surface area (Å²) in [7, 11) is 1.55. The molecule has 1 aromatic rings. The van der Waals surface area contributed by atoms with Crippen LogP contribution in [0.25, 0.3) is 0 Å². The third-order valence-corrected chi connectivity index (χ3v) is 2.33. The van der Waals surface area contributed by atoms with Crippen molar-refractivity contribution in [1.82, 2.24) is 5.32 Å². The fourth-order valence-corrected chi connectivity index (χ4v) is 1.42. The Kier molecular flexibility index (Phi) is 4.46. The van der Waals surface area contributed by atoms with Crippen molar-refractivity contribution in [3.05, 3.63) is 41.6 Å². The van der Waals surface area contributed by atoms with E-state index in [1.165, 1.54) is 11.1 Å². The van der Waals surface area contributed by atoms with Gasteiger partial charge in [-0.15, -0.1) is 0 Å². The van der Waals surface area contributed by atoms with Crippen LogP contribution in [0.5, 0.6) is 0 Å². The monoisotopic (exact) mass is 232 g/mol. The van der Waals surface area contributed by atoms with E-state index in [0.29, 0.717) is 12.0 Å². The summed E-state index contributed by atoms with van der Waals surface area (Å²) in [6.07, 6.45) is 2.20. The Balaban J connectivity index is 3.01. The van der Waals surface area contributed by atoms with E-state index >= 15 is 0 Å². The first-order valence-electron chi connectivity index (χ1n) is 5.29. The third-order valence-electron chi connectivity index (χ3n) is 2.33. The molecule has 90 valence electrons. The molecule has 0 saturated carbocycles. The van der Waals surface area contributed by atoms with Gasteiger partial charge in [-0.1, -0.05) is 12.1 Å². The molecule has 2 amide bonds. The Morgan fingerprint density at radius 3 is 2.65 bits per heavy atom. The average molecular weight is 232 g/mol. The molecule has 0 radical (unpaired) electrons. The van der Waals surface area contributed by atoms with Crippen LogP contribution in [0.4, 0.5) is 5.69 Å². The number of carbonyl (C=O) groups is 2. The predicted molar refractivity (Wildman–Crippen MR) is 67.5 cm³/mol. The number of amides is 2. The smallest absolute Gasteiger partial charge is 0.248 e. The van der Waals surface area contributed by atoms with Crippen molar-refractivity contribution in [3.63, 3.8) is 0 Å².